The van der Waals surface area contributed by atoms with E-state index in [2.05, 4.69) is 19.8 Å². The Labute approximate surface area is 201 Å². The third-order valence-corrected chi connectivity index (χ3v) is 4.86. The predicted molar refractivity (Wildman–Crippen MR) is 124 cm³/mol. The molecule has 0 spiro atoms. The molecule has 0 unspecified atom stereocenters. The van der Waals surface area contributed by atoms with Gasteiger partial charge in [0.2, 0.25) is 0 Å². The van der Waals surface area contributed by atoms with E-state index in [1.54, 1.807) is 6.20 Å². The van der Waals surface area contributed by atoms with Crippen LogP contribution in [0.5, 0.6) is 0 Å². The molecule has 0 fully saturated rings. The first-order valence-electron chi connectivity index (χ1n) is 10.6. The van der Waals surface area contributed by atoms with Crippen molar-refractivity contribution in [2.75, 3.05) is 26.1 Å². The minimum Gasteiger partial charge on any atom is -0.465 e. The Hall–Kier alpha value is -4.47. The first kappa shape index (κ1) is 25.2. The third-order valence-electron chi connectivity index (χ3n) is 4.86. The van der Waals surface area contributed by atoms with Crippen LogP contribution < -0.4 is 5.32 Å². The first-order chi connectivity index (χ1) is 16.8. The molecule has 0 aliphatic rings. The molecular formula is C25H24N2O8. The molecule has 1 amide bonds. The van der Waals surface area contributed by atoms with Crippen LogP contribution in [-0.4, -0.2) is 49.6 Å². The average Bonchev–Trinajstić information content (AvgIpc) is 3.34. The monoisotopic (exact) mass is 480 g/mol. The highest BCUT2D eigenvalue weighted by atomic mass is 16.5. The lowest BCUT2D eigenvalue weighted by Gasteiger charge is -2.10. The van der Waals surface area contributed by atoms with E-state index in [9.17, 15) is 19.2 Å². The van der Waals surface area contributed by atoms with Crippen LogP contribution in [0.15, 0.2) is 53.1 Å². The molecule has 0 saturated heterocycles. The molecule has 3 aromatic rings. The third kappa shape index (κ3) is 7.00. The Morgan fingerprint density at radius 3 is 2.17 bits per heavy atom. The Kier molecular flexibility index (Phi) is 8.33. The number of benzene rings is 2. The van der Waals surface area contributed by atoms with Crippen LogP contribution in [0.1, 0.15) is 38.6 Å². The highest BCUT2D eigenvalue weighted by Gasteiger charge is 2.16. The van der Waals surface area contributed by atoms with Gasteiger partial charge in [-0.3, -0.25) is 9.59 Å². The number of aromatic nitrogens is 1. The van der Waals surface area contributed by atoms with Gasteiger partial charge in [-0.2, -0.15) is 0 Å². The maximum absolute atomic E-state index is 12.2. The summed E-state index contributed by atoms with van der Waals surface area (Å²) in [6.07, 6.45) is 1.76. The second-order valence-corrected chi connectivity index (χ2v) is 7.48. The largest absolute Gasteiger partial charge is 0.465 e. The highest BCUT2D eigenvalue weighted by Crippen LogP contribution is 2.21. The van der Waals surface area contributed by atoms with Gasteiger partial charge in [0, 0.05) is 17.7 Å². The SMILES string of the molecule is COC(=O)c1cc(NC(=O)COC(=O)CCc2ncc(-c3ccc(C)cc3)o2)cc(C(=O)OC)c1. The van der Waals surface area contributed by atoms with E-state index in [1.165, 1.54) is 32.4 Å². The van der Waals surface area contributed by atoms with Gasteiger partial charge in [-0.25, -0.2) is 14.6 Å². The summed E-state index contributed by atoms with van der Waals surface area (Å²) in [5.74, 6) is -1.71. The molecule has 0 saturated carbocycles. The number of carbonyl (C=O) groups excluding carboxylic acids is 4. The van der Waals surface area contributed by atoms with Crippen molar-refractivity contribution in [1.29, 1.82) is 0 Å². The van der Waals surface area contributed by atoms with Gasteiger partial charge in [0.1, 0.15) is 0 Å². The number of rotatable bonds is 9. The zero-order valence-corrected chi connectivity index (χ0v) is 19.5. The minimum absolute atomic E-state index is 0.0363. The summed E-state index contributed by atoms with van der Waals surface area (Å²) in [5, 5.41) is 2.47. The summed E-state index contributed by atoms with van der Waals surface area (Å²) < 4.78 is 20.0. The van der Waals surface area contributed by atoms with Crippen LogP contribution in [0.2, 0.25) is 0 Å². The maximum atomic E-state index is 12.2. The molecule has 35 heavy (non-hydrogen) atoms. The van der Waals surface area contributed by atoms with E-state index in [-0.39, 0.29) is 29.7 Å². The van der Waals surface area contributed by atoms with Crippen molar-refractivity contribution in [3.63, 3.8) is 0 Å². The molecule has 182 valence electrons. The number of carbonyl (C=O) groups is 4. The smallest absolute Gasteiger partial charge is 0.337 e. The van der Waals surface area contributed by atoms with Gasteiger partial charge in [-0.15, -0.1) is 0 Å². The Balaban J connectivity index is 1.52. The van der Waals surface area contributed by atoms with Gasteiger partial charge in [-0.05, 0) is 25.1 Å². The number of aryl methyl sites for hydroxylation is 2. The van der Waals surface area contributed by atoms with Crippen LogP contribution in [0.3, 0.4) is 0 Å². The van der Waals surface area contributed by atoms with Gasteiger partial charge in [0.25, 0.3) is 5.91 Å². The van der Waals surface area contributed by atoms with Crippen molar-refractivity contribution in [3.8, 4) is 11.3 Å². The number of esters is 3. The Morgan fingerprint density at radius 1 is 0.943 bits per heavy atom. The lowest BCUT2D eigenvalue weighted by Crippen LogP contribution is -2.21. The van der Waals surface area contributed by atoms with Crippen LogP contribution in [-0.2, 0) is 30.2 Å². The zero-order valence-electron chi connectivity index (χ0n) is 19.5. The molecule has 1 aromatic heterocycles. The molecule has 0 aliphatic carbocycles. The zero-order chi connectivity index (χ0) is 25.4. The van der Waals surface area contributed by atoms with Gasteiger partial charge in [0.15, 0.2) is 18.3 Å². The molecule has 10 heteroatoms. The van der Waals surface area contributed by atoms with Gasteiger partial charge >= 0.3 is 17.9 Å². The van der Waals surface area contributed by atoms with Crippen LogP contribution in [0, 0.1) is 6.92 Å². The standard InChI is InChI=1S/C25H24N2O8/c1-15-4-6-16(7-5-15)20-13-26-22(35-20)8-9-23(29)34-14-21(28)27-19-11-17(24(30)32-2)10-18(12-19)25(31)33-3/h4-7,10-13H,8-9,14H2,1-3H3,(H,27,28). The van der Waals surface area contributed by atoms with E-state index in [0.29, 0.717) is 11.7 Å². The van der Waals surface area contributed by atoms with E-state index < -0.39 is 30.4 Å². The van der Waals surface area contributed by atoms with Crippen molar-refractivity contribution in [1.82, 2.24) is 4.98 Å². The Morgan fingerprint density at radius 2 is 1.57 bits per heavy atom. The fourth-order valence-corrected chi connectivity index (χ4v) is 3.07. The fraction of sp³-hybridized carbons (Fsp3) is 0.240. The summed E-state index contributed by atoms with van der Waals surface area (Å²) in [6, 6.07) is 11.7. The highest BCUT2D eigenvalue weighted by molar-refractivity contribution is 6.00. The Bertz CT molecular complexity index is 1200. The molecule has 1 N–H and O–H groups in total. The number of amides is 1. The van der Waals surface area contributed by atoms with Gasteiger partial charge in [0.05, 0.1) is 38.0 Å². The lowest BCUT2D eigenvalue weighted by molar-refractivity contribution is -0.147. The fourth-order valence-electron chi connectivity index (χ4n) is 3.07. The number of ether oxygens (including phenoxy) is 3. The van der Waals surface area contributed by atoms with Crippen molar-refractivity contribution < 1.29 is 37.8 Å². The molecule has 3 rings (SSSR count). The summed E-state index contributed by atoms with van der Waals surface area (Å²) >= 11 is 0. The summed E-state index contributed by atoms with van der Waals surface area (Å²) in [6.45, 7) is 1.43. The van der Waals surface area contributed by atoms with Crippen LogP contribution >= 0.6 is 0 Å². The van der Waals surface area contributed by atoms with Gasteiger partial charge < -0.3 is 23.9 Å². The van der Waals surface area contributed by atoms with Crippen molar-refractivity contribution in [3.05, 3.63) is 71.2 Å². The maximum Gasteiger partial charge on any atom is 0.337 e. The second kappa shape index (κ2) is 11.6. The van der Waals surface area contributed by atoms with Crippen molar-refractivity contribution in [2.24, 2.45) is 0 Å². The molecule has 0 bridgehead atoms. The summed E-state index contributed by atoms with van der Waals surface area (Å²) in [7, 11) is 2.37. The topological polar surface area (TPSA) is 134 Å². The number of methoxy groups -OCH3 is 2. The molecule has 0 atom stereocenters. The van der Waals surface area contributed by atoms with E-state index >= 15 is 0 Å². The quantitative estimate of drug-likeness (QED) is 0.361. The number of hydrogen-bond acceptors (Lipinski definition) is 9. The molecule has 0 aliphatic heterocycles. The first-order valence-corrected chi connectivity index (χ1v) is 10.6. The number of anilines is 1. The van der Waals surface area contributed by atoms with E-state index in [1.807, 2.05) is 31.2 Å². The molecule has 10 nitrogen and oxygen atoms in total. The molecular weight excluding hydrogens is 456 g/mol. The number of nitrogens with zero attached hydrogens (tertiary/aromatic N) is 1. The summed E-state index contributed by atoms with van der Waals surface area (Å²) in [4.78, 5) is 52.1. The van der Waals surface area contributed by atoms with E-state index in [4.69, 9.17) is 9.15 Å². The molecule has 2 aromatic carbocycles. The van der Waals surface area contributed by atoms with Crippen LogP contribution in [0.4, 0.5) is 5.69 Å². The average molecular weight is 480 g/mol. The molecule has 0 radical (unpaired) electrons. The summed E-state index contributed by atoms with van der Waals surface area (Å²) in [5.41, 5.74) is 2.22. The van der Waals surface area contributed by atoms with Crippen molar-refractivity contribution >= 4 is 29.5 Å². The van der Waals surface area contributed by atoms with Crippen molar-refractivity contribution in [2.45, 2.75) is 19.8 Å². The van der Waals surface area contributed by atoms with E-state index in [0.717, 1.165) is 11.1 Å². The van der Waals surface area contributed by atoms with Gasteiger partial charge in [-0.1, -0.05) is 29.8 Å². The van der Waals surface area contributed by atoms with Crippen LogP contribution in [0.25, 0.3) is 11.3 Å². The number of oxazole rings is 1. The predicted octanol–water partition coefficient (Wildman–Crippen LogP) is 3.34. The molecule has 1 heterocycles. The second-order valence-electron chi connectivity index (χ2n) is 7.48. The minimum atomic E-state index is -0.699. The lowest BCUT2D eigenvalue weighted by atomic mass is 10.1. The number of nitrogens with one attached hydrogen (secondary N) is 1. The normalized spacial score (nSPS) is 10.4. The number of hydrogen-bond donors (Lipinski definition) is 1.